The summed E-state index contributed by atoms with van der Waals surface area (Å²) in [6, 6.07) is 36.0. The van der Waals surface area contributed by atoms with E-state index >= 15 is 0 Å². The highest BCUT2D eigenvalue weighted by Crippen LogP contribution is 2.37. The standard InChI is InChI=1S/C30H32ClNOSSi/c1-30(2,3)35(25-15-9-5-10-16-25,26-17-11-6-12-18-26)33-22-21-27-28(19-20-29(31)32-27)34-23-24-13-7-4-8-14-24/h4-20H,21-23H2,1-3H3. The van der Waals surface area contributed by atoms with Crippen LogP contribution in [0.2, 0.25) is 10.2 Å². The zero-order valence-corrected chi connectivity index (χ0v) is 23.2. The van der Waals surface area contributed by atoms with Crippen molar-refractivity contribution in [2.24, 2.45) is 0 Å². The smallest absolute Gasteiger partial charge is 0.261 e. The molecule has 35 heavy (non-hydrogen) atoms. The first-order chi connectivity index (χ1) is 16.9. The molecule has 0 unspecified atom stereocenters. The number of pyridine rings is 1. The van der Waals surface area contributed by atoms with Gasteiger partial charge in [0.05, 0.1) is 5.69 Å². The lowest BCUT2D eigenvalue weighted by Gasteiger charge is -2.43. The molecule has 0 atom stereocenters. The molecule has 0 spiro atoms. The van der Waals surface area contributed by atoms with Crippen LogP contribution in [0, 0.1) is 0 Å². The Kier molecular flexibility index (Phi) is 8.50. The Balaban J connectivity index is 1.61. The molecule has 4 rings (SSSR count). The molecule has 5 heteroatoms. The zero-order chi connectivity index (χ0) is 24.7. The van der Waals surface area contributed by atoms with E-state index in [4.69, 9.17) is 21.0 Å². The third kappa shape index (κ3) is 6.07. The van der Waals surface area contributed by atoms with Gasteiger partial charge in [0, 0.05) is 23.7 Å². The predicted octanol–water partition coefficient (Wildman–Crippen LogP) is 7.15. The van der Waals surface area contributed by atoms with Crippen molar-refractivity contribution in [3.63, 3.8) is 0 Å². The van der Waals surface area contributed by atoms with Gasteiger partial charge in [-0.2, -0.15) is 0 Å². The third-order valence-electron chi connectivity index (χ3n) is 6.21. The first-order valence-electron chi connectivity index (χ1n) is 12.0. The van der Waals surface area contributed by atoms with E-state index in [2.05, 4.69) is 112 Å². The van der Waals surface area contributed by atoms with Gasteiger partial charge in [0.25, 0.3) is 8.32 Å². The van der Waals surface area contributed by atoms with Crippen LogP contribution >= 0.6 is 23.4 Å². The SMILES string of the molecule is CC(C)(C)[Si](OCCc1nc(Cl)ccc1SCc1ccccc1)(c1ccccc1)c1ccccc1. The number of hydrogen-bond donors (Lipinski definition) is 0. The molecule has 0 aliphatic rings. The van der Waals surface area contributed by atoms with Crippen LogP contribution in [0.3, 0.4) is 0 Å². The summed E-state index contributed by atoms with van der Waals surface area (Å²) in [5, 5.41) is 3.05. The van der Waals surface area contributed by atoms with Gasteiger partial charge < -0.3 is 4.43 Å². The maximum absolute atomic E-state index is 7.07. The molecule has 0 aliphatic carbocycles. The summed E-state index contributed by atoms with van der Waals surface area (Å²) in [5.74, 6) is 0.896. The van der Waals surface area contributed by atoms with Gasteiger partial charge in [0.1, 0.15) is 5.15 Å². The monoisotopic (exact) mass is 517 g/mol. The van der Waals surface area contributed by atoms with Crippen molar-refractivity contribution in [1.82, 2.24) is 4.98 Å². The van der Waals surface area contributed by atoms with Crippen LogP contribution in [0.1, 0.15) is 32.0 Å². The van der Waals surface area contributed by atoms with E-state index in [1.165, 1.54) is 15.9 Å². The Labute approximate surface area is 219 Å². The maximum atomic E-state index is 7.07. The molecule has 4 aromatic rings. The van der Waals surface area contributed by atoms with Crippen molar-refractivity contribution in [2.75, 3.05) is 6.61 Å². The van der Waals surface area contributed by atoms with Crippen molar-refractivity contribution in [3.05, 3.63) is 120 Å². The maximum Gasteiger partial charge on any atom is 0.261 e. The molecular formula is C30H32ClNOSSi. The van der Waals surface area contributed by atoms with E-state index < -0.39 is 8.32 Å². The van der Waals surface area contributed by atoms with E-state index in [1.54, 1.807) is 11.8 Å². The topological polar surface area (TPSA) is 22.1 Å². The van der Waals surface area contributed by atoms with Gasteiger partial charge in [0.2, 0.25) is 0 Å². The molecule has 0 saturated heterocycles. The highest BCUT2D eigenvalue weighted by atomic mass is 35.5. The van der Waals surface area contributed by atoms with Gasteiger partial charge >= 0.3 is 0 Å². The number of thioether (sulfide) groups is 1. The molecule has 0 saturated carbocycles. The molecule has 0 aliphatic heterocycles. The minimum Gasteiger partial charge on any atom is -0.407 e. The fraction of sp³-hybridized carbons (Fsp3) is 0.233. The summed E-state index contributed by atoms with van der Waals surface area (Å²) in [6.45, 7) is 7.49. The van der Waals surface area contributed by atoms with Crippen LogP contribution in [-0.2, 0) is 16.6 Å². The largest absolute Gasteiger partial charge is 0.407 e. The summed E-state index contributed by atoms with van der Waals surface area (Å²) >= 11 is 8.11. The quantitative estimate of drug-likeness (QED) is 0.134. The first kappa shape index (κ1) is 25.7. The number of rotatable bonds is 9. The van der Waals surface area contributed by atoms with Crippen molar-refractivity contribution >= 4 is 42.1 Å². The van der Waals surface area contributed by atoms with Gasteiger partial charge in [0.15, 0.2) is 0 Å². The lowest BCUT2D eigenvalue weighted by molar-refractivity contribution is 0.299. The van der Waals surface area contributed by atoms with Gasteiger partial charge in [-0.15, -0.1) is 11.8 Å². The molecule has 3 aromatic carbocycles. The minimum absolute atomic E-state index is 0.0532. The highest BCUT2D eigenvalue weighted by Gasteiger charge is 2.50. The van der Waals surface area contributed by atoms with Crippen LogP contribution in [0.4, 0.5) is 0 Å². The molecule has 1 heterocycles. The molecule has 0 bridgehead atoms. The number of aromatic nitrogens is 1. The van der Waals surface area contributed by atoms with E-state index in [-0.39, 0.29) is 5.04 Å². The van der Waals surface area contributed by atoms with E-state index in [0.29, 0.717) is 18.2 Å². The number of hydrogen-bond acceptors (Lipinski definition) is 3. The summed E-state index contributed by atoms with van der Waals surface area (Å²) in [5.41, 5.74) is 2.29. The van der Waals surface area contributed by atoms with Gasteiger partial charge in [-0.3, -0.25) is 0 Å². The van der Waals surface area contributed by atoms with Crippen LogP contribution in [-0.4, -0.2) is 19.9 Å². The summed E-state index contributed by atoms with van der Waals surface area (Å²) in [6.07, 6.45) is 0.710. The fourth-order valence-corrected chi connectivity index (χ4v) is 10.3. The highest BCUT2D eigenvalue weighted by molar-refractivity contribution is 7.98. The normalized spacial score (nSPS) is 12.0. The van der Waals surface area contributed by atoms with Crippen molar-refractivity contribution < 1.29 is 4.43 Å². The second kappa shape index (κ2) is 11.6. The molecule has 1 aromatic heterocycles. The van der Waals surface area contributed by atoms with Gasteiger partial charge in [-0.1, -0.05) is 123 Å². The van der Waals surface area contributed by atoms with Crippen LogP contribution < -0.4 is 10.4 Å². The number of benzene rings is 3. The Morgan fingerprint density at radius 2 is 1.31 bits per heavy atom. The minimum atomic E-state index is -2.57. The average molecular weight is 518 g/mol. The second-order valence-electron chi connectivity index (χ2n) is 9.61. The number of nitrogens with zero attached hydrogens (tertiary/aromatic N) is 1. The van der Waals surface area contributed by atoms with Gasteiger partial charge in [-0.25, -0.2) is 4.98 Å². The average Bonchev–Trinajstić information content (AvgIpc) is 2.87. The third-order valence-corrected chi connectivity index (χ3v) is 12.6. The molecule has 0 amide bonds. The molecule has 0 radical (unpaired) electrons. The van der Waals surface area contributed by atoms with Crippen LogP contribution in [0.5, 0.6) is 0 Å². The van der Waals surface area contributed by atoms with Crippen LogP contribution in [0.15, 0.2) is 108 Å². The van der Waals surface area contributed by atoms with Crippen LogP contribution in [0.25, 0.3) is 0 Å². The number of halogens is 1. The molecule has 180 valence electrons. The van der Waals surface area contributed by atoms with E-state index in [9.17, 15) is 0 Å². The summed E-state index contributed by atoms with van der Waals surface area (Å²) in [4.78, 5) is 5.85. The van der Waals surface area contributed by atoms with Gasteiger partial charge in [-0.05, 0) is 33.1 Å². The second-order valence-corrected chi connectivity index (χ2v) is 15.3. The molecule has 0 fully saturated rings. The van der Waals surface area contributed by atoms with Crippen molar-refractivity contribution in [3.8, 4) is 0 Å². The molecule has 0 N–H and O–H groups in total. The lowest BCUT2D eigenvalue weighted by atomic mass is 10.2. The van der Waals surface area contributed by atoms with Crippen molar-refractivity contribution in [1.29, 1.82) is 0 Å². The van der Waals surface area contributed by atoms with E-state index in [1.807, 2.05) is 12.1 Å². The van der Waals surface area contributed by atoms with E-state index in [0.717, 1.165) is 16.3 Å². The first-order valence-corrected chi connectivity index (χ1v) is 15.2. The van der Waals surface area contributed by atoms with Crippen molar-refractivity contribution in [2.45, 2.75) is 42.9 Å². The molecular weight excluding hydrogens is 486 g/mol. The summed E-state index contributed by atoms with van der Waals surface area (Å²) in [7, 11) is -2.57. The Bertz CT molecular complexity index is 1170. The zero-order valence-electron chi connectivity index (χ0n) is 20.6. The molecule has 2 nitrogen and oxygen atoms in total. The Morgan fingerprint density at radius 1 is 0.771 bits per heavy atom. The Hall–Kier alpha value is -2.37. The summed E-state index contributed by atoms with van der Waals surface area (Å²) < 4.78 is 7.07. The predicted molar refractivity (Wildman–Crippen MR) is 153 cm³/mol. The Morgan fingerprint density at radius 3 is 1.86 bits per heavy atom. The fourth-order valence-electron chi connectivity index (χ4n) is 4.57. The lowest BCUT2D eigenvalue weighted by Crippen LogP contribution is -2.66.